The first kappa shape index (κ1) is 15.8. The topological polar surface area (TPSA) is 89.0 Å². The molecule has 0 aliphatic carbocycles. The maximum Gasteiger partial charge on any atom is 0.328 e. The van der Waals surface area contributed by atoms with Gasteiger partial charge in [-0.25, -0.2) is 13.2 Å². The molecule has 1 aromatic heterocycles. The minimum absolute atomic E-state index is 0.00807. The summed E-state index contributed by atoms with van der Waals surface area (Å²) in [7, 11) is 0.908. The molecule has 6 nitrogen and oxygen atoms in total. The molecular formula is C12H10Cl2N2O4S. The highest BCUT2D eigenvalue weighted by molar-refractivity contribution is 8.13. The summed E-state index contributed by atoms with van der Waals surface area (Å²) in [4.78, 5) is 24.4. The molecule has 0 amide bonds. The van der Waals surface area contributed by atoms with Crippen LogP contribution in [0.3, 0.4) is 0 Å². The van der Waals surface area contributed by atoms with E-state index in [1.54, 1.807) is 18.2 Å². The predicted molar refractivity (Wildman–Crippen MR) is 79.7 cm³/mol. The van der Waals surface area contributed by atoms with Gasteiger partial charge in [-0.05, 0) is 24.1 Å². The van der Waals surface area contributed by atoms with Crippen molar-refractivity contribution in [3.63, 3.8) is 0 Å². The highest BCUT2D eigenvalue weighted by Gasteiger charge is 2.17. The van der Waals surface area contributed by atoms with E-state index in [2.05, 4.69) is 0 Å². The molecule has 21 heavy (non-hydrogen) atoms. The number of aromatic nitrogens is 2. The van der Waals surface area contributed by atoms with Crippen molar-refractivity contribution >= 4 is 31.3 Å². The number of hydrogen-bond acceptors (Lipinski definition) is 4. The zero-order valence-corrected chi connectivity index (χ0v) is 13.1. The van der Waals surface area contributed by atoms with Crippen molar-refractivity contribution < 1.29 is 8.42 Å². The Balaban J connectivity index is 2.55. The van der Waals surface area contributed by atoms with Gasteiger partial charge in [0.15, 0.2) is 4.90 Å². The molecule has 2 aromatic rings. The lowest BCUT2D eigenvalue weighted by atomic mass is 10.1. The van der Waals surface area contributed by atoms with E-state index in [0.29, 0.717) is 10.6 Å². The number of H-pyrrole nitrogens is 1. The Morgan fingerprint density at radius 1 is 1.29 bits per heavy atom. The lowest BCUT2D eigenvalue weighted by Crippen LogP contribution is -2.32. The number of nitrogens with zero attached hydrogens (tertiary/aromatic N) is 1. The second-order valence-electron chi connectivity index (χ2n) is 4.41. The summed E-state index contributed by atoms with van der Waals surface area (Å²) in [5.74, 6) is 0. The molecule has 0 spiro atoms. The molecule has 2 rings (SSSR count). The van der Waals surface area contributed by atoms with Crippen molar-refractivity contribution in [2.24, 2.45) is 0 Å². The largest absolute Gasteiger partial charge is 0.328 e. The second-order valence-corrected chi connectivity index (χ2v) is 7.35. The average Bonchev–Trinajstić information content (AvgIpc) is 2.33. The molecule has 0 aliphatic rings. The number of nitrogens with one attached hydrogen (secondary N) is 1. The molecule has 0 aliphatic heterocycles. The van der Waals surface area contributed by atoms with Crippen LogP contribution in [0.25, 0.3) is 0 Å². The van der Waals surface area contributed by atoms with Crippen LogP contribution in [-0.4, -0.2) is 18.0 Å². The number of rotatable bonds is 3. The third-order valence-corrected chi connectivity index (χ3v) is 4.46. The standard InChI is InChI=1S/C12H10Cl2N2O4S/c1-7-2-3-8(9(13)4-7)5-16-6-10(21(14,19)20)11(17)15-12(16)18/h2-4,6H,5H2,1H3,(H,15,17,18). The third-order valence-electron chi connectivity index (χ3n) is 2.79. The fraction of sp³-hybridized carbons (Fsp3) is 0.167. The number of aromatic amines is 1. The van der Waals surface area contributed by atoms with Gasteiger partial charge in [-0.15, -0.1) is 0 Å². The molecule has 1 aromatic carbocycles. The quantitative estimate of drug-likeness (QED) is 0.850. The van der Waals surface area contributed by atoms with E-state index in [1.807, 2.05) is 11.9 Å². The van der Waals surface area contributed by atoms with E-state index in [1.165, 1.54) is 0 Å². The van der Waals surface area contributed by atoms with Gasteiger partial charge in [-0.3, -0.25) is 14.3 Å². The molecule has 112 valence electrons. The van der Waals surface area contributed by atoms with E-state index in [-0.39, 0.29) is 6.54 Å². The van der Waals surface area contributed by atoms with Gasteiger partial charge >= 0.3 is 5.69 Å². The molecule has 1 N–H and O–H groups in total. The summed E-state index contributed by atoms with van der Waals surface area (Å²) in [6.45, 7) is 1.87. The first-order valence-electron chi connectivity index (χ1n) is 5.72. The maximum absolute atomic E-state index is 11.7. The van der Waals surface area contributed by atoms with E-state index in [4.69, 9.17) is 22.3 Å². The summed E-state index contributed by atoms with van der Waals surface area (Å²) in [5.41, 5.74) is -0.252. The molecule has 0 saturated carbocycles. The van der Waals surface area contributed by atoms with Crippen LogP contribution in [0.2, 0.25) is 5.02 Å². The second kappa shape index (κ2) is 5.67. The zero-order chi connectivity index (χ0) is 15.8. The van der Waals surface area contributed by atoms with Crippen LogP contribution in [0.4, 0.5) is 0 Å². The Morgan fingerprint density at radius 2 is 1.95 bits per heavy atom. The normalized spacial score (nSPS) is 11.6. The molecule has 9 heteroatoms. The molecule has 0 fully saturated rings. The third kappa shape index (κ3) is 3.55. The number of halogens is 2. The number of benzene rings is 1. The minimum atomic E-state index is -4.25. The summed E-state index contributed by atoms with van der Waals surface area (Å²) >= 11 is 6.06. The van der Waals surface area contributed by atoms with E-state index in [0.717, 1.165) is 16.3 Å². The van der Waals surface area contributed by atoms with Crippen molar-refractivity contribution in [2.75, 3.05) is 0 Å². The molecule has 0 saturated heterocycles. The molecule has 0 unspecified atom stereocenters. The van der Waals surface area contributed by atoms with Gasteiger partial charge in [0.2, 0.25) is 0 Å². The van der Waals surface area contributed by atoms with Crippen molar-refractivity contribution in [1.29, 1.82) is 0 Å². The van der Waals surface area contributed by atoms with E-state index in [9.17, 15) is 18.0 Å². The zero-order valence-electron chi connectivity index (χ0n) is 10.8. The van der Waals surface area contributed by atoms with E-state index < -0.39 is 25.2 Å². The highest BCUT2D eigenvalue weighted by atomic mass is 35.7. The van der Waals surface area contributed by atoms with Crippen molar-refractivity contribution in [3.8, 4) is 0 Å². The Labute approximate surface area is 129 Å². The van der Waals surface area contributed by atoms with Gasteiger partial charge in [-0.2, -0.15) is 0 Å². The van der Waals surface area contributed by atoms with Crippen molar-refractivity contribution in [2.45, 2.75) is 18.4 Å². The van der Waals surface area contributed by atoms with Crippen LogP contribution in [0.1, 0.15) is 11.1 Å². The van der Waals surface area contributed by atoms with Crippen LogP contribution in [0.5, 0.6) is 0 Å². The lowest BCUT2D eigenvalue weighted by Gasteiger charge is -2.08. The number of hydrogen-bond donors (Lipinski definition) is 1. The van der Waals surface area contributed by atoms with Crippen molar-refractivity contribution in [1.82, 2.24) is 9.55 Å². The Morgan fingerprint density at radius 3 is 2.52 bits per heavy atom. The summed E-state index contributed by atoms with van der Waals surface area (Å²) in [6, 6.07) is 5.23. The molecule has 0 atom stereocenters. The van der Waals surface area contributed by atoms with Gasteiger partial charge in [0.1, 0.15) is 0 Å². The SMILES string of the molecule is Cc1ccc(Cn2cc(S(=O)(=O)Cl)c(=O)[nH]c2=O)c(Cl)c1. The Kier molecular flexibility index (Phi) is 4.27. The average molecular weight is 349 g/mol. The summed E-state index contributed by atoms with van der Waals surface area (Å²) in [5, 5.41) is 0.434. The molecular weight excluding hydrogens is 339 g/mol. The van der Waals surface area contributed by atoms with Crippen LogP contribution >= 0.6 is 22.3 Å². The van der Waals surface area contributed by atoms with Crippen LogP contribution in [-0.2, 0) is 15.6 Å². The fourth-order valence-corrected chi connectivity index (χ4v) is 2.89. The van der Waals surface area contributed by atoms with Gasteiger partial charge < -0.3 is 0 Å². The first-order valence-corrected chi connectivity index (χ1v) is 8.40. The maximum atomic E-state index is 11.7. The highest BCUT2D eigenvalue weighted by Crippen LogP contribution is 2.18. The smallest absolute Gasteiger partial charge is 0.295 e. The van der Waals surface area contributed by atoms with Crippen LogP contribution in [0.15, 0.2) is 38.9 Å². The van der Waals surface area contributed by atoms with Gasteiger partial charge in [-0.1, -0.05) is 23.7 Å². The molecule has 1 heterocycles. The number of aryl methyl sites for hydroxylation is 1. The van der Waals surface area contributed by atoms with Crippen LogP contribution in [0, 0.1) is 6.92 Å². The minimum Gasteiger partial charge on any atom is -0.295 e. The first-order chi connectivity index (χ1) is 9.68. The van der Waals surface area contributed by atoms with Crippen molar-refractivity contribution in [3.05, 3.63) is 61.4 Å². The lowest BCUT2D eigenvalue weighted by molar-refractivity contribution is 0.603. The fourth-order valence-electron chi connectivity index (χ4n) is 1.74. The Hall–Kier alpha value is -1.57. The molecule has 0 radical (unpaired) electrons. The summed E-state index contributed by atoms with van der Waals surface area (Å²) in [6.07, 6.45) is 0.902. The van der Waals surface area contributed by atoms with E-state index >= 15 is 0 Å². The van der Waals surface area contributed by atoms with Gasteiger partial charge in [0.05, 0.1) is 6.54 Å². The van der Waals surface area contributed by atoms with Crippen LogP contribution < -0.4 is 11.2 Å². The predicted octanol–water partition coefficient (Wildman–Crippen LogP) is 1.47. The van der Waals surface area contributed by atoms with Gasteiger partial charge in [0.25, 0.3) is 14.6 Å². The van der Waals surface area contributed by atoms with Gasteiger partial charge in [0, 0.05) is 21.9 Å². The molecule has 0 bridgehead atoms. The summed E-state index contributed by atoms with van der Waals surface area (Å²) < 4.78 is 23.6. The monoisotopic (exact) mass is 348 g/mol. The Bertz CT molecular complexity index is 916.